The fraction of sp³-hybridized carbons (Fsp3) is 0.167. The number of ketones is 2. The third kappa shape index (κ3) is 4.65. The Morgan fingerprint density at radius 3 is 1.36 bits per heavy atom. The zero-order valence-corrected chi connectivity index (χ0v) is 16.0. The first-order chi connectivity index (χ1) is 13.6. The molecule has 0 spiro atoms. The average Bonchev–Trinajstić information content (AvgIpc) is 2.71. The molecule has 0 unspecified atom stereocenters. The van der Waals surface area contributed by atoms with Crippen LogP contribution in [0.3, 0.4) is 0 Å². The molecule has 0 bridgehead atoms. The molecule has 3 aromatic carbocycles. The third-order valence-electron chi connectivity index (χ3n) is 4.42. The van der Waals surface area contributed by atoms with Crippen LogP contribution in [0.5, 0.6) is 11.5 Å². The second-order valence-electron chi connectivity index (χ2n) is 6.45. The smallest absolute Gasteiger partial charge is 0.163 e. The number of carbonyl (C=O) groups excluding carboxylic acids is 2. The van der Waals surface area contributed by atoms with E-state index >= 15 is 0 Å². The summed E-state index contributed by atoms with van der Waals surface area (Å²) >= 11 is 0. The maximum atomic E-state index is 11.8. The van der Waals surface area contributed by atoms with Gasteiger partial charge < -0.3 is 9.47 Å². The number of ether oxygens (including phenoxy) is 2. The summed E-state index contributed by atoms with van der Waals surface area (Å²) in [7, 11) is 0. The molecular formula is C24H22O4. The van der Waals surface area contributed by atoms with Crippen LogP contribution in [-0.4, -0.2) is 11.6 Å². The second-order valence-corrected chi connectivity index (χ2v) is 6.45. The molecule has 0 radical (unpaired) electrons. The molecule has 0 atom stereocenters. The van der Waals surface area contributed by atoms with Crippen molar-refractivity contribution >= 4 is 11.6 Å². The molecule has 28 heavy (non-hydrogen) atoms. The van der Waals surface area contributed by atoms with Crippen LogP contribution in [0.25, 0.3) is 0 Å². The van der Waals surface area contributed by atoms with Crippen LogP contribution >= 0.6 is 0 Å². The van der Waals surface area contributed by atoms with E-state index in [9.17, 15) is 9.59 Å². The van der Waals surface area contributed by atoms with Crippen molar-refractivity contribution in [3.05, 3.63) is 95.1 Å². The van der Waals surface area contributed by atoms with Crippen LogP contribution in [0, 0.1) is 0 Å². The zero-order valence-electron chi connectivity index (χ0n) is 16.0. The summed E-state index contributed by atoms with van der Waals surface area (Å²) in [6, 6.07) is 22.2. The van der Waals surface area contributed by atoms with E-state index in [1.54, 1.807) is 24.3 Å². The Bertz CT molecular complexity index is 911. The Kier molecular flexibility index (Phi) is 6.22. The van der Waals surface area contributed by atoms with Crippen LogP contribution in [0.2, 0.25) is 0 Å². The van der Waals surface area contributed by atoms with Gasteiger partial charge in [-0.15, -0.1) is 0 Å². The second kappa shape index (κ2) is 9.00. The SMILES string of the molecule is CC(=O)c1ccccc1OCc1ccccc1COc1ccccc1C(C)=O. The van der Waals surface area contributed by atoms with E-state index in [4.69, 9.17) is 9.47 Å². The van der Waals surface area contributed by atoms with Crippen molar-refractivity contribution in [2.75, 3.05) is 0 Å². The molecule has 0 aliphatic rings. The van der Waals surface area contributed by atoms with Gasteiger partial charge in [-0.05, 0) is 49.2 Å². The van der Waals surface area contributed by atoms with E-state index < -0.39 is 0 Å². The Hall–Kier alpha value is -3.40. The molecule has 0 aromatic heterocycles. The quantitative estimate of drug-likeness (QED) is 0.505. The van der Waals surface area contributed by atoms with Gasteiger partial charge in [0.15, 0.2) is 11.6 Å². The van der Waals surface area contributed by atoms with Gasteiger partial charge in [-0.2, -0.15) is 0 Å². The van der Waals surface area contributed by atoms with Crippen LogP contribution < -0.4 is 9.47 Å². The molecule has 0 heterocycles. The highest BCUT2D eigenvalue weighted by molar-refractivity contribution is 5.97. The van der Waals surface area contributed by atoms with Crippen LogP contribution in [0.4, 0.5) is 0 Å². The fourth-order valence-electron chi connectivity index (χ4n) is 2.92. The van der Waals surface area contributed by atoms with Crippen LogP contribution in [0.15, 0.2) is 72.8 Å². The maximum absolute atomic E-state index is 11.8. The van der Waals surface area contributed by atoms with Crippen molar-refractivity contribution in [1.29, 1.82) is 0 Å². The third-order valence-corrected chi connectivity index (χ3v) is 4.42. The first-order valence-corrected chi connectivity index (χ1v) is 9.08. The van der Waals surface area contributed by atoms with Gasteiger partial charge in [0.05, 0.1) is 11.1 Å². The summed E-state index contributed by atoms with van der Waals surface area (Å²) in [4.78, 5) is 23.5. The number of para-hydroxylation sites is 2. The Balaban J connectivity index is 1.74. The number of rotatable bonds is 8. The highest BCUT2D eigenvalue weighted by Crippen LogP contribution is 2.23. The van der Waals surface area contributed by atoms with Crippen molar-refractivity contribution in [1.82, 2.24) is 0 Å². The van der Waals surface area contributed by atoms with E-state index in [-0.39, 0.29) is 11.6 Å². The van der Waals surface area contributed by atoms with Crippen molar-refractivity contribution < 1.29 is 19.1 Å². The van der Waals surface area contributed by atoms with E-state index in [0.29, 0.717) is 35.8 Å². The number of benzene rings is 3. The van der Waals surface area contributed by atoms with Crippen molar-refractivity contribution in [2.45, 2.75) is 27.1 Å². The highest BCUT2D eigenvalue weighted by Gasteiger charge is 2.11. The Labute approximate surface area is 164 Å². The normalized spacial score (nSPS) is 10.4. The zero-order chi connectivity index (χ0) is 19.9. The van der Waals surface area contributed by atoms with Gasteiger partial charge >= 0.3 is 0 Å². The van der Waals surface area contributed by atoms with Crippen molar-refractivity contribution in [2.24, 2.45) is 0 Å². The topological polar surface area (TPSA) is 52.6 Å². The van der Waals surface area contributed by atoms with E-state index in [1.807, 2.05) is 48.5 Å². The van der Waals surface area contributed by atoms with Crippen molar-refractivity contribution in [3.8, 4) is 11.5 Å². The minimum atomic E-state index is -0.0342. The minimum Gasteiger partial charge on any atom is -0.488 e. The molecule has 4 nitrogen and oxygen atoms in total. The van der Waals surface area contributed by atoms with Gasteiger partial charge in [0.1, 0.15) is 24.7 Å². The predicted octanol–water partition coefficient (Wildman–Crippen LogP) is 5.25. The van der Waals surface area contributed by atoms with Gasteiger partial charge in [-0.3, -0.25) is 9.59 Å². The summed E-state index contributed by atoms with van der Waals surface area (Å²) in [6.07, 6.45) is 0. The lowest BCUT2D eigenvalue weighted by atomic mass is 10.1. The summed E-state index contributed by atoms with van der Waals surface area (Å²) in [5.41, 5.74) is 3.04. The fourth-order valence-corrected chi connectivity index (χ4v) is 2.92. The molecule has 142 valence electrons. The molecular weight excluding hydrogens is 352 g/mol. The summed E-state index contributed by atoms with van der Waals surface area (Å²) in [5.74, 6) is 1.06. The number of Topliss-reactive ketones (excluding diaryl/α,β-unsaturated/α-hetero) is 2. The molecule has 0 saturated heterocycles. The summed E-state index contributed by atoms with van der Waals surface area (Å²) in [5, 5.41) is 0. The highest BCUT2D eigenvalue weighted by atomic mass is 16.5. The van der Waals surface area contributed by atoms with Gasteiger partial charge in [0.25, 0.3) is 0 Å². The van der Waals surface area contributed by atoms with Crippen molar-refractivity contribution in [3.63, 3.8) is 0 Å². The first-order valence-electron chi connectivity index (χ1n) is 9.08. The molecule has 3 rings (SSSR count). The molecule has 0 amide bonds. The van der Waals surface area contributed by atoms with E-state index in [0.717, 1.165) is 11.1 Å². The van der Waals surface area contributed by atoms with E-state index in [2.05, 4.69) is 0 Å². The van der Waals surface area contributed by atoms with Crippen LogP contribution in [-0.2, 0) is 13.2 Å². The minimum absolute atomic E-state index is 0.0342. The molecule has 3 aromatic rings. The maximum Gasteiger partial charge on any atom is 0.163 e. The van der Waals surface area contributed by atoms with Gasteiger partial charge in [0, 0.05) is 0 Å². The molecule has 0 saturated carbocycles. The molecule has 0 N–H and O–H groups in total. The summed E-state index contributed by atoms with van der Waals surface area (Å²) in [6.45, 7) is 3.68. The molecule has 0 fully saturated rings. The largest absolute Gasteiger partial charge is 0.488 e. The summed E-state index contributed by atoms with van der Waals surface area (Å²) < 4.78 is 11.8. The average molecular weight is 374 g/mol. The molecule has 0 aliphatic heterocycles. The predicted molar refractivity (Wildman–Crippen MR) is 108 cm³/mol. The lowest BCUT2D eigenvalue weighted by Crippen LogP contribution is -2.06. The number of carbonyl (C=O) groups is 2. The first kappa shape index (κ1) is 19.4. The Morgan fingerprint density at radius 1 is 0.607 bits per heavy atom. The Morgan fingerprint density at radius 2 is 0.964 bits per heavy atom. The lowest BCUT2D eigenvalue weighted by Gasteiger charge is -2.14. The standard InChI is InChI=1S/C24H22O4/c1-17(25)21-11-5-7-13-23(21)27-15-19-9-3-4-10-20(19)16-28-24-14-8-6-12-22(24)18(2)26/h3-14H,15-16H2,1-2H3. The monoisotopic (exact) mass is 374 g/mol. The van der Waals surface area contributed by atoms with Gasteiger partial charge in [0.2, 0.25) is 0 Å². The lowest BCUT2D eigenvalue weighted by molar-refractivity contribution is 0.0999. The van der Waals surface area contributed by atoms with Gasteiger partial charge in [-0.1, -0.05) is 48.5 Å². The molecule has 4 heteroatoms. The molecule has 0 aliphatic carbocycles. The van der Waals surface area contributed by atoms with Gasteiger partial charge in [-0.25, -0.2) is 0 Å². The number of hydrogen-bond donors (Lipinski definition) is 0. The van der Waals surface area contributed by atoms with Crippen LogP contribution in [0.1, 0.15) is 45.7 Å². The number of hydrogen-bond acceptors (Lipinski definition) is 4. The van der Waals surface area contributed by atoms with E-state index in [1.165, 1.54) is 13.8 Å².